The minimum atomic E-state index is -4.30. The van der Waals surface area contributed by atoms with Gasteiger partial charge in [0.2, 0.25) is 0 Å². The third-order valence-corrected chi connectivity index (χ3v) is 11.8. The first-order chi connectivity index (χ1) is 32.6. The van der Waals surface area contributed by atoms with Crippen molar-refractivity contribution >= 4 is 13.8 Å². The monoisotopic (exact) mass is 955 g/mol. The molecule has 0 rings (SSSR count). The van der Waals surface area contributed by atoms with Crippen LogP contribution in [0.3, 0.4) is 0 Å². The molecule has 0 heterocycles. The molecule has 0 aliphatic carbocycles. The summed E-state index contributed by atoms with van der Waals surface area (Å²) in [6.45, 7) is 5.35. The Balaban J connectivity index is 4.17. The minimum Gasteiger partial charge on any atom is -0.457 e. The van der Waals surface area contributed by atoms with E-state index in [-0.39, 0.29) is 25.8 Å². The van der Waals surface area contributed by atoms with Gasteiger partial charge < -0.3 is 18.9 Å². The molecule has 0 saturated carbocycles. The number of carbonyl (C=O) groups excluding carboxylic acids is 1. The van der Waals surface area contributed by atoms with Crippen LogP contribution in [0.1, 0.15) is 194 Å². The molecule has 384 valence electrons. The number of hydrogen-bond donors (Lipinski definition) is 1. The number of hydrogen-bond acceptors (Lipinski definition) is 6. The summed E-state index contributed by atoms with van der Waals surface area (Å²) in [5.74, 6) is -0.333. The van der Waals surface area contributed by atoms with Crippen molar-refractivity contribution < 1.29 is 37.3 Å². The second-order valence-electron chi connectivity index (χ2n) is 18.5. The Morgan fingerprint density at radius 2 is 0.821 bits per heavy atom. The van der Waals surface area contributed by atoms with Crippen molar-refractivity contribution in [1.29, 1.82) is 0 Å². The summed E-state index contributed by atoms with van der Waals surface area (Å²) in [4.78, 5) is 23.0. The van der Waals surface area contributed by atoms with Gasteiger partial charge in [-0.1, -0.05) is 200 Å². The number of allylic oxidation sites excluding steroid dienone is 18. The van der Waals surface area contributed by atoms with Crippen LogP contribution in [0.25, 0.3) is 0 Å². The lowest BCUT2D eigenvalue weighted by Crippen LogP contribution is -2.37. The van der Waals surface area contributed by atoms with Crippen molar-refractivity contribution in [2.45, 2.75) is 200 Å². The summed E-state index contributed by atoms with van der Waals surface area (Å²) in [6, 6.07) is 0. The summed E-state index contributed by atoms with van der Waals surface area (Å²) in [7, 11) is 1.64. The fourth-order valence-electron chi connectivity index (χ4n) is 6.81. The molecule has 0 fully saturated rings. The molecule has 0 saturated heterocycles. The SMILES string of the molecule is CC/C=C\C/C=C\C/C=C\C/C=C\C/C=C\CCCCCCCCCCCCOCC(COP(=O)(O)OCC[N+](C)(C)C)OC(=O)CCCCCCCC/C=C\C/C=C\C/C=C\C/C=C\CC. The minimum absolute atomic E-state index is 0.0785. The topological polar surface area (TPSA) is 91.3 Å². The van der Waals surface area contributed by atoms with Crippen molar-refractivity contribution in [2.24, 2.45) is 0 Å². The summed E-state index contributed by atoms with van der Waals surface area (Å²) >= 11 is 0. The molecule has 9 heteroatoms. The number of phosphoric acid groups is 1. The molecule has 0 aromatic rings. The fourth-order valence-corrected chi connectivity index (χ4v) is 7.55. The largest absolute Gasteiger partial charge is 0.472 e. The predicted molar refractivity (Wildman–Crippen MR) is 288 cm³/mol. The number of ether oxygens (including phenoxy) is 2. The van der Waals surface area contributed by atoms with Crippen LogP contribution in [-0.2, 0) is 27.9 Å². The zero-order chi connectivity index (χ0) is 49.0. The molecule has 8 nitrogen and oxygen atoms in total. The van der Waals surface area contributed by atoms with E-state index in [0.717, 1.165) is 103 Å². The quantitative estimate of drug-likeness (QED) is 0.0214. The van der Waals surface area contributed by atoms with E-state index < -0.39 is 13.9 Å². The number of quaternary nitrogens is 1. The normalized spacial score (nSPS) is 14.4. The van der Waals surface area contributed by atoms with Gasteiger partial charge in [-0.3, -0.25) is 13.8 Å². The second kappa shape index (κ2) is 49.6. The number of phosphoric ester groups is 1. The molecule has 2 unspecified atom stereocenters. The number of esters is 1. The Morgan fingerprint density at radius 1 is 0.463 bits per heavy atom. The molecule has 0 bridgehead atoms. The Morgan fingerprint density at radius 3 is 1.22 bits per heavy atom. The Bertz CT molecular complexity index is 1430. The van der Waals surface area contributed by atoms with E-state index in [0.29, 0.717) is 24.1 Å². The van der Waals surface area contributed by atoms with Gasteiger partial charge in [0.25, 0.3) is 0 Å². The van der Waals surface area contributed by atoms with Crippen molar-refractivity contribution in [3.05, 3.63) is 109 Å². The zero-order valence-electron chi connectivity index (χ0n) is 43.6. The van der Waals surface area contributed by atoms with Crippen LogP contribution < -0.4 is 0 Å². The fraction of sp³-hybridized carbons (Fsp3) is 0.672. The van der Waals surface area contributed by atoms with Gasteiger partial charge in [-0.25, -0.2) is 4.57 Å². The molecule has 2 atom stereocenters. The molecular weight excluding hydrogens is 854 g/mol. The number of unbranched alkanes of at least 4 members (excludes halogenated alkanes) is 16. The van der Waals surface area contributed by atoms with Crippen LogP contribution in [0, 0.1) is 0 Å². The van der Waals surface area contributed by atoms with Gasteiger partial charge in [0.05, 0.1) is 34.4 Å². The van der Waals surface area contributed by atoms with Gasteiger partial charge >= 0.3 is 13.8 Å². The molecule has 1 N–H and O–H groups in total. The standard InChI is InChI=1S/C58H100NO7P/c1-6-8-10-12-14-16-18-20-22-24-26-27-28-29-30-31-32-34-36-38-40-42-44-46-48-50-53-63-55-57(56-65-67(61,62)64-54-52-59(3,4)5)66-58(60)51-49-47-45-43-41-39-37-35-33-25-23-21-19-17-15-13-11-9-7-2/h8-11,14-17,20-23,26-27,29-30,33,35,57H,6-7,12-13,18-19,24-25,28,31-32,34,36-56H2,1-5H3/p+1/b10-8-,11-9-,16-14-,17-15-,22-20-,23-21-,27-26-,30-29-,35-33-. The van der Waals surface area contributed by atoms with Crippen LogP contribution in [0.5, 0.6) is 0 Å². The molecule has 0 spiro atoms. The molecule has 67 heavy (non-hydrogen) atoms. The summed E-state index contributed by atoms with van der Waals surface area (Å²) in [5, 5.41) is 0. The first kappa shape index (κ1) is 64.2. The lowest BCUT2D eigenvalue weighted by atomic mass is 10.1. The van der Waals surface area contributed by atoms with Gasteiger partial charge in [0, 0.05) is 13.0 Å². The van der Waals surface area contributed by atoms with Crippen molar-refractivity contribution in [3.63, 3.8) is 0 Å². The average Bonchev–Trinajstić information content (AvgIpc) is 3.29. The van der Waals surface area contributed by atoms with Gasteiger partial charge in [0.1, 0.15) is 19.3 Å². The van der Waals surface area contributed by atoms with E-state index in [9.17, 15) is 14.3 Å². The Hall–Kier alpha value is -2.84. The molecule has 0 aliphatic heterocycles. The molecule has 0 aromatic heterocycles. The third-order valence-electron chi connectivity index (χ3n) is 10.8. The second-order valence-corrected chi connectivity index (χ2v) is 19.9. The van der Waals surface area contributed by atoms with Gasteiger partial charge in [-0.05, 0) is 96.3 Å². The predicted octanol–water partition coefficient (Wildman–Crippen LogP) is 16.7. The van der Waals surface area contributed by atoms with Crippen LogP contribution >= 0.6 is 7.82 Å². The van der Waals surface area contributed by atoms with E-state index in [1.807, 2.05) is 21.1 Å². The molecule has 0 aliphatic rings. The van der Waals surface area contributed by atoms with Gasteiger partial charge in [-0.15, -0.1) is 0 Å². The third kappa shape index (κ3) is 54.0. The molecule has 0 amide bonds. The smallest absolute Gasteiger partial charge is 0.457 e. The maximum Gasteiger partial charge on any atom is 0.472 e. The number of carbonyl (C=O) groups is 1. The number of nitrogens with zero attached hydrogens (tertiary/aromatic N) is 1. The highest BCUT2D eigenvalue weighted by Crippen LogP contribution is 2.43. The van der Waals surface area contributed by atoms with E-state index in [4.69, 9.17) is 18.5 Å². The van der Waals surface area contributed by atoms with E-state index in [2.05, 4.69) is 123 Å². The van der Waals surface area contributed by atoms with Crippen LogP contribution in [0.15, 0.2) is 109 Å². The van der Waals surface area contributed by atoms with Gasteiger partial charge in [0.15, 0.2) is 0 Å². The lowest BCUT2D eigenvalue weighted by molar-refractivity contribution is -0.870. The summed E-state index contributed by atoms with van der Waals surface area (Å²) in [5.41, 5.74) is 0. The van der Waals surface area contributed by atoms with Crippen LogP contribution in [-0.4, -0.2) is 75.6 Å². The summed E-state index contributed by atoms with van der Waals surface area (Å²) < 4.78 is 35.2. The first-order valence-corrected chi connectivity index (χ1v) is 28.1. The maximum absolute atomic E-state index is 12.8. The molecular formula is C58H101NO7P+. The highest BCUT2D eigenvalue weighted by molar-refractivity contribution is 7.47. The highest BCUT2D eigenvalue weighted by Gasteiger charge is 2.26. The van der Waals surface area contributed by atoms with Crippen molar-refractivity contribution in [1.82, 2.24) is 0 Å². The lowest BCUT2D eigenvalue weighted by Gasteiger charge is -2.24. The van der Waals surface area contributed by atoms with Crippen molar-refractivity contribution in [2.75, 3.05) is 54.1 Å². The van der Waals surface area contributed by atoms with E-state index in [1.54, 1.807) is 0 Å². The highest BCUT2D eigenvalue weighted by atomic mass is 31.2. The van der Waals surface area contributed by atoms with E-state index >= 15 is 0 Å². The first-order valence-electron chi connectivity index (χ1n) is 26.6. The molecule has 0 aromatic carbocycles. The summed E-state index contributed by atoms with van der Waals surface area (Å²) in [6.07, 6.45) is 69.9. The van der Waals surface area contributed by atoms with Crippen LogP contribution in [0.2, 0.25) is 0 Å². The Labute approximate surface area is 412 Å². The molecule has 0 radical (unpaired) electrons. The maximum atomic E-state index is 12.8. The van der Waals surface area contributed by atoms with Crippen LogP contribution in [0.4, 0.5) is 0 Å². The number of likely N-dealkylation sites (N-methyl/N-ethyl adjacent to an activating group) is 1. The zero-order valence-corrected chi connectivity index (χ0v) is 44.5. The van der Waals surface area contributed by atoms with Crippen molar-refractivity contribution in [3.8, 4) is 0 Å². The van der Waals surface area contributed by atoms with Gasteiger partial charge in [-0.2, -0.15) is 0 Å². The Kier molecular flexibility index (Phi) is 47.5. The number of rotatable bonds is 48. The average molecular weight is 955 g/mol. The van der Waals surface area contributed by atoms with E-state index in [1.165, 1.54) is 70.6 Å².